The fourth-order valence-corrected chi connectivity index (χ4v) is 3.41. The van der Waals surface area contributed by atoms with Gasteiger partial charge in [0.1, 0.15) is 5.70 Å². The van der Waals surface area contributed by atoms with Crippen LogP contribution in [0, 0.1) is 0 Å². The van der Waals surface area contributed by atoms with Gasteiger partial charge in [-0.15, -0.1) is 0 Å². The van der Waals surface area contributed by atoms with Crippen LogP contribution in [0.5, 0.6) is 0 Å². The van der Waals surface area contributed by atoms with Gasteiger partial charge in [0.25, 0.3) is 11.8 Å². The highest BCUT2D eigenvalue weighted by atomic mass is 16.4. The van der Waals surface area contributed by atoms with E-state index in [4.69, 9.17) is 5.11 Å². The SMILES string of the molecule is O=C(O)c1ccc(N2CCCCCC2)c(NC2=CC(=O)N(CCO)C2=O)c1. The van der Waals surface area contributed by atoms with Gasteiger partial charge >= 0.3 is 5.97 Å². The molecule has 1 saturated heterocycles. The second-order valence-electron chi connectivity index (χ2n) is 6.64. The molecule has 27 heavy (non-hydrogen) atoms. The molecule has 2 aliphatic rings. The van der Waals surface area contributed by atoms with E-state index in [1.54, 1.807) is 12.1 Å². The maximum Gasteiger partial charge on any atom is 0.335 e. The lowest BCUT2D eigenvalue weighted by Crippen LogP contribution is -2.34. The third-order valence-electron chi connectivity index (χ3n) is 4.79. The Balaban J connectivity index is 1.91. The summed E-state index contributed by atoms with van der Waals surface area (Å²) < 4.78 is 0. The molecule has 1 fully saturated rings. The van der Waals surface area contributed by atoms with Crippen LogP contribution in [0.15, 0.2) is 30.0 Å². The molecule has 3 N–H and O–H groups in total. The van der Waals surface area contributed by atoms with Gasteiger partial charge in [0.05, 0.1) is 30.1 Å². The van der Waals surface area contributed by atoms with E-state index < -0.39 is 17.8 Å². The largest absolute Gasteiger partial charge is 0.478 e. The molecule has 8 nitrogen and oxygen atoms in total. The number of hydrogen-bond acceptors (Lipinski definition) is 6. The summed E-state index contributed by atoms with van der Waals surface area (Å²) >= 11 is 0. The number of carbonyl (C=O) groups excluding carboxylic acids is 2. The van der Waals surface area contributed by atoms with E-state index in [-0.39, 0.29) is 24.4 Å². The highest BCUT2D eigenvalue weighted by molar-refractivity contribution is 6.17. The van der Waals surface area contributed by atoms with Crippen molar-refractivity contribution in [1.29, 1.82) is 0 Å². The summed E-state index contributed by atoms with van der Waals surface area (Å²) in [4.78, 5) is 38.9. The number of carboxylic acid groups (broad SMARTS) is 1. The van der Waals surface area contributed by atoms with Crippen molar-refractivity contribution in [2.24, 2.45) is 0 Å². The molecule has 1 aromatic rings. The van der Waals surface area contributed by atoms with Gasteiger partial charge in [-0.25, -0.2) is 4.79 Å². The van der Waals surface area contributed by atoms with Crippen LogP contribution in [-0.2, 0) is 9.59 Å². The number of β-amino-alcohol motifs (C(OH)–C–C–N with tert-alkyl or cyclic N) is 1. The second-order valence-corrected chi connectivity index (χ2v) is 6.64. The molecule has 1 aromatic carbocycles. The quantitative estimate of drug-likeness (QED) is 0.647. The van der Waals surface area contributed by atoms with Crippen LogP contribution in [0.2, 0.25) is 0 Å². The molecule has 0 unspecified atom stereocenters. The molecule has 0 aromatic heterocycles. The molecule has 2 heterocycles. The van der Waals surface area contributed by atoms with Crippen molar-refractivity contribution in [2.75, 3.05) is 36.5 Å². The number of nitrogens with one attached hydrogen (secondary N) is 1. The number of rotatable bonds is 6. The van der Waals surface area contributed by atoms with Crippen LogP contribution in [0.25, 0.3) is 0 Å². The Morgan fingerprint density at radius 1 is 1.11 bits per heavy atom. The maximum atomic E-state index is 12.4. The Morgan fingerprint density at radius 2 is 1.81 bits per heavy atom. The van der Waals surface area contributed by atoms with E-state index in [9.17, 15) is 19.5 Å². The molecule has 3 rings (SSSR count). The summed E-state index contributed by atoms with van der Waals surface area (Å²) in [6.45, 7) is 1.31. The monoisotopic (exact) mass is 373 g/mol. The number of aromatic carboxylic acids is 1. The standard InChI is InChI=1S/C19H23N3O5/c23-10-9-22-17(24)12-15(18(22)25)20-14-11-13(19(26)27)5-6-16(14)21-7-3-1-2-4-8-21/h5-6,11-12,20,23H,1-4,7-10H2,(H,26,27). The predicted octanol–water partition coefficient (Wildman–Crippen LogP) is 1.42. The summed E-state index contributed by atoms with van der Waals surface area (Å²) in [5, 5.41) is 21.3. The van der Waals surface area contributed by atoms with Crippen molar-refractivity contribution in [3.63, 3.8) is 0 Å². The number of imide groups is 1. The average Bonchev–Trinajstić information content (AvgIpc) is 2.85. The van der Waals surface area contributed by atoms with E-state index in [0.29, 0.717) is 5.69 Å². The lowest BCUT2D eigenvalue weighted by molar-refractivity contribution is -0.137. The molecule has 0 bridgehead atoms. The van der Waals surface area contributed by atoms with E-state index in [0.717, 1.165) is 49.4 Å². The topological polar surface area (TPSA) is 110 Å². The zero-order valence-corrected chi connectivity index (χ0v) is 15.0. The predicted molar refractivity (Wildman–Crippen MR) is 99.6 cm³/mol. The van der Waals surface area contributed by atoms with Crippen molar-refractivity contribution in [1.82, 2.24) is 4.90 Å². The first-order valence-corrected chi connectivity index (χ1v) is 9.09. The number of amides is 2. The number of carboxylic acids is 1. The van der Waals surface area contributed by atoms with Crippen molar-refractivity contribution in [3.8, 4) is 0 Å². The number of nitrogens with zero attached hydrogens (tertiary/aromatic N) is 2. The Hall–Kier alpha value is -2.87. The lowest BCUT2D eigenvalue weighted by Gasteiger charge is -2.26. The fraction of sp³-hybridized carbons (Fsp3) is 0.421. The van der Waals surface area contributed by atoms with Crippen molar-refractivity contribution in [3.05, 3.63) is 35.5 Å². The number of aliphatic hydroxyl groups excluding tert-OH is 1. The molecule has 8 heteroatoms. The van der Waals surface area contributed by atoms with Crippen LogP contribution in [0.3, 0.4) is 0 Å². The molecule has 144 valence electrons. The molecule has 0 saturated carbocycles. The van der Waals surface area contributed by atoms with Gasteiger partial charge < -0.3 is 20.4 Å². The van der Waals surface area contributed by atoms with Crippen molar-refractivity contribution >= 4 is 29.2 Å². The van der Waals surface area contributed by atoms with Crippen LogP contribution in [0.4, 0.5) is 11.4 Å². The number of hydrogen-bond donors (Lipinski definition) is 3. The van der Waals surface area contributed by atoms with Gasteiger partial charge in [-0.3, -0.25) is 14.5 Å². The van der Waals surface area contributed by atoms with Gasteiger partial charge in [-0.1, -0.05) is 12.8 Å². The second kappa shape index (κ2) is 8.22. The molecule has 0 spiro atoms. The van der Waals surface area contributed by atoms with Crippen molar-refractivity contribution in [2.45, 2.75) is 25.7 Å². The molecular formula is C19H23N3O5. The molecular weight excluding hydrogens is 350 g/mol. The smallest absolute Gasteiger partial charge is 0.335 e. The van der Waals surface area contributed by atoms with Gasteiger partial charge in [-0.05, 0) is 31.0 Å². The number of aliphatic hydroxyl groups is 1. The van der Waals surface area contributed by atoms with Crippen molar-refractivity contribution < 1.29 is 24.6 Å². The van der Waals surface area contributed by atoms with E-state index in [1.807, 2.05) is 0 Å². The zero-order valence-electron chi connectivity index (χ0n) is 15.0. The molecule has 0 atom stereocenters. The van der Waals surface area contributed by atoms with E-state index in [2.05, 4.69) is 10.2 Å². The first-order valence-electron chi connectivity index (χ1n) is 9.09. The zero-order chi connectivity index (χ0) is 19.4. The summed E-state index contributed by atoms with van der Waals surface area (Å²) in [7, 11) is 0. The van der Waals surface area contributed by atoms with E-state index in [1.165, 1.54) is 12.1 Å². The Morgan fingerprint density at radius 3 is 2.44 bits per heavy atom. The van der Waals surface area contributed by atoms with Crippen LogP contribution in [0.1, 0.15) is 36.0 Å². The molecule has 2 aliphatic heterocycles. The van der Waals surface area contributed by atoms with Crippen LogP contribution in [-0.4, -0.2) is 59.1 Å². The molecule has 0 aliphatic carbocycles. The minimum atomic E-state index is -1.06. The Kier molecular flexibility index (Phi) is 5.75. The molecule has 0 radical (unpaired) electrons. The first-order chi connectivity index (χ1) is 13.0. The lowest BCUT2D eigenvalue weighted by atomic mass is 10.1. The van der Waals surface area contributed by atoms with Gasteiger partial charge in [0.15, 0.2) is 0 Å². The normalized spacial score (nSPS) is 17.7. The van der Waals surface area contributed by atoms with Gasteiger partial charge in [0, 0.05) is 19.2 Å². The number of anilines is 2. The van der Waals surface area contributed by atoms with Crippen LogP contribution < -0.4 is 10.2 Å². The third-order valence-corrected chi connectivity index (χ3v) is 4.79. The van der Waals surface area contributed by atoms with Gasteiger partial charge in [-0.2, -0.15) is 0 Å². The maximum absolute atomic E-state index is 12.4. The van der Waals surface area contributed by atoms with Gasteiger partial charge in [0.2, 0.25) is 0 Å². The first kappa shape index (κ1) is 18.9. The molecule has 2 amide bonds. The Bertz CT molecular complexity index is 782. The third kappa shape index (κ3) is 4.11. The summed E-state index contributed by atoms with van der Waals surface area (Å²) in [6, 6.07) is 4.77. The number of carbonyl (C=O) groups is 3. The van der Waals surface area contributed by atoms with Crippen LogP contribution >= 0.6 is 0 Å². The average molecular weight is 373 g/mol. The summed E-state index contributed by atoms with van der Waals surface area (Å²) in [5.74, 6) is -2.09. The highest BCUT2D eigenvalue weighted by Gasteiger charge is 2.31. The number of benzene rings is 1. The minimum absolute atomic E-state index is 0.0759. The minimum Gasteiger partial charge on any atom is -0.478 e. The summed E-state index contributed by atoms with van der Waals surface area (Å²) in [6.07, 6.45) is 5.58. The summed E-state index contributed by atoms with van der Waals surface area (Å²) in [5.41, 5.74) is 1.46. The fourth-order valence-electron chi connectivity index (χ4n) is 3.41. The van der Waals surface area contributed by atoms with E-state index >= 15 is 0 Å². The Labute approximate surface area is 157 Å². The highest BCUT2D eigenvalue weighted by Crippen LogP contribution is 2.31.